The predicted octanol–water partition coefficient (Wildman–Crippen LogP) is 1.86. The van der Waals surface area contributed by atoms with Crippen molar-refractivity contribution in [2.24, 2.45) is 4.99 Å². The van der Waals surface area contributed by atoms with Crippen molar-refractivity contribution in [2.75, 3.05) is 25.4 Å². The summed E-state index contributed by atoms with van der Waals surface area (Å²) in [6.07, 6.45) is 3.16. The minimum atomic E-state index is -3.07. The molecule has 0 aliphatic carbocycles. The molecule has 8 nitrogen and oxygen atoms in total. The van der Waals surface area contributed by atoms with Crippen molar-refractivity contribution in [3.8, 4) is 5.69 Å². The molecule has 0 amide bonds. The fourth-order valence-corrected chi connectivity index (χ4v) is 4.38. The van der Waals surface area contributed by atoms with Crippen LogP contribution in [0.1, 0.15) is 26.3 Å². The molecule has 1 aromatic heterocycles. The highest BCUT2D eigenvalue weighted by molar-refractivity contribution is 14.0. The summed E-state index contributed by atoms with van der Waals surface area (Å²) in [4.78, 5) is 10.7. The van der Waals surface area contributed by atoms with Gasteiger partial charge in [0, 0.05) is 19.6 Å². The lowest BCUT2D eigenvalue weighted by Crippen LogP contribution is -2.57. The zero-order chi connectivity index (χ0) is 19.5. The van der Waals surface area contributed by atoms with Gasteiger partial charge in [0.15, 0.2) is 15.8 Å². The van der Waals surface area contributed by atoms with E-state index in [-0.39, 0.29) is 29.7 Å². The second-order valence-corrected chi connectivity index (χ2v) is 9.92. The Morgan fingerprint density at radius 3 is 2.57 bits per heavy atom. The summed E-state index contributed by atoms with van der Waals surface area (Å²) < 4.78 is 25.4. The maximum atomic E-state index is 12.2. The van der Waals surface area contributed by atoms with Gasteiger partial charge in [-0.2, -0.15) is 5.10 Å². The number of aliphatic imine (C=N–C) groups is 1. The maximum Gasteiger partial charge on any atom is 0.194 e. The second-order valence-electron chi connectivity index (χ2n) is 7.18. The molecule has 0 atom stereocenters. The van der Waals surface area contributed by atoms with E-state index in [2.05, 4.69) is 15.4 Å². The zero-order valence-corrected chi connectivity index (χ0v) is 19.5. The Bertz CT molecular complexity index is 895. The smallest absolute Gasteiger partial charge is 0.194 e. The summed E-state index contributed by atoms with van der Waals surface area (Å²) in [5.41, 5.74) is 2.01. The van der Waals surface area contributed by atoms with E-state index in [0.29, 0.717) is 19.6 Å². The third kappa shape index (κ3) is 5.02. The van der Waals surface area contributed by atoms with Gasteiger partial charge >= 0.3 is 0 Å². The molecule has 10 heteroatoms. The summed E-state index contributed by atoms with van der Waals surface area (Å²) >= 11 is 0. The number of nitrogens with zero attached hydrogens (tertiary/aromatic N) is 5. The van der Waals surface area contributed by atoms with Crippen molar-refractivity contribution in [2.45, 2.75) is 32.1 Å². The highest BCUT2D eigenvalue weighted by atomic mass is 127. The molecule has 0 spiro atoms. The largest absolute Gasteiger partial charge is 0.357 e. The number of halogens is 1. The highest BCUT2D eigenvalue weighted by Crippen LogP contribution is 2.23. The Kier molecular flexibility index (Phi) is 7.43. The Labute approximate surface area is 183 Å². The normalized spacial score (nSPS) is 18.4. The molecule has 1 aromatic carbocycles. The van der Waals surface area contributed by atoms with Crippen molar-refractivity contribution >= 4 is 39.8 Å². The van der Waals surface area contributed by atoms with Gasteiger partial charge in [0.05, 0.1) is 22.7 Å². The van der Waals surface area contributed by atoms with E-state index < -0.39 is 14.6 Å². The van der Waals surface area contributed by atoms with E-state index in [0.717, 1.165) is 23.8 Å². The molecule has 1 N–H and O–H groups in total. The number of sulfone groups is 1. The quantitative estimate of drug-likeness (QED) is 0.378. The maximum absolute atomic E-state index is 12.2. The van der Waals surface area contributed by atoms with Crippen LogP contribution in [0.25, 0.3) is 5.69 Å². The average molecular weight is 518 g/mol. The van der Waals surface area contributed by atoms with Gasteiger partial charge < -0.3 is 10.2 Å². The SMILES string of the molecule is CCNC(=NCc1ccc(-n2cncn2)cc1)N1CCS(=O)(=O)C(C)(C)C1.I. The number of hydrogen-bond donors (Lipinski definition) is 1. The standard InChI is InChI=1S/C18H26N6O2S.HI/c1-4-20-17(23-9-10-27(25,26)18(2,3)12-23)21-11-15-5-7-16(8-6-15)24-14-19-13-22-24;/h5-8,13-14H,4,9-12H2,1-3H3,(H,20,21);1H. The Balaban J connectivity index is 0.00000280. The molecule has 3 rings (SSSR count). The van der Waals surface area contributed by atoms with E-state index in [1.165, 1.54) is 6.33 Å². The molecule has 1 saturated heterocycles. The van der Waals surface area contributed by atoms with E-state index in [4.69, 9.17) is 4.99 Å². The molecule has 0 unspecified atom stereocenters. The van der Waals surface area contributed by atoms with Gasteiger partial charge in [-0.1, -0.05) is 12.1 Å². The molecule has 1 fully saturated rings. The predicted molar refractivity (Wildman–Crippen MR) is 121 cm³/mol. The summed E-state index contributed by atoms with van der Waals surface area (Å²) in [7, 11) is -3.07. The number of rotatable bonds is 4. The summed E-state index contributed by atoms with van der Waals surface area (Å²) in [5, 5.41) is 7.39. The van der Waals surface area contributed by atoms with Crippen molar-refractivity contribution < 1.29 is 8.42 Å². The fraction of sp³-hybridized carbons (Fsp3) is 0.500. The van der Waals surface area contributed by atoms with Gasteiger partial charge in [-0.05, 0) is 38.5 Å². The molecule has 154 valence electrons. The number of aromatic nitrogens is 3. The number of hydrogen-bond acceptors (Lipinski definition) is 5. The van der Waals surface area contributed by atoms with Crippen LogP contribution in [0.5, 0.6) is 0 Å². The van der Waals surface area contributed by atoms with Crippen LogP contribution in [-0.2, 0) is 16.4 Å². The van der Waals surface area contributed by atoms with Crippen LogP contribution in [-0.4, -0.2) is 64.2 Å². The summed E-state index contributed by atoms with van der Waals surface area (Å²) in [6.45, 7) is 7.71. The second kappa shape index (κ2) is 9.21. The average Bonchev–Trinajstić information content (AvgIpc) is 3.16. The Morgan fingerprint density at radius 1 is 1.29 bits per heavy atom. The minimum Gasteiger partial charge on any atom is -0.357 e. The first-order chi connectivity index (χ1) is 12.8. The van der Waals surface area contributed by atoms with Gasteiger partial charge in [0.25, 0.3) is 0 Å². The van der Waals surface area contributed by atoms with E-state index in [9.17, 15) is 8.42 Å². The highest BCUT2D eigenvalue weighted by Gasteiger charge is 2.40. The molecule has 1 aliphatic rings. The van der Waals surface area contributed by atoms with Crippen LogP contribution >= 0.6 is 24.0 Å². The Hall–Kier alpha value is -1.69. The molecule has 1 aliphatic heterocycles. The summed E-state index contributed by atoms with van der Waals surface area (Å²) in [5.74, 6) is 0.901. The number of benzene rings is 1. The van der Waals surface area contributed by atoms with E-state index >= 15 is 0 Å². The zero-order valence-electron chi connectivity index (χ0n) is 16.4. The number of guanidine groups is 1. The van der Waals surface area contributed by atoms with Crippen LogP contribution < -0.4 is 5.32 Å². The lowest BCUT2D eigenvalue weighted by Gasteiger charge is -2.39. The lowest BCUT2D eigenvalue weighted by atomic mass is 10.2. The third-order valence-electron chi connectivity index (χ3n) is 4.71. The Morgan fingerprint density at radius 2 is 2.00 bits per heavy atom. The lowest BCUT2D eigenvalue weighted by molar-refractivity contribution is 0.353. The minimum absolute atomic E-state index is 0. The van der Waals surface area contributed by atoms with Crippen molar-refractivity contribution in [3.05, 3.63) is 42.5 Å². The van der Waals surface area contributed by atoms with Gasteiger partial charge in [-0.3, -0.25) is 0 Å². The molecule has 0 saturated carbocycles. The number of nitrogens with one attached hydrogen (secondary N) is 1. The van der Waals surface area contributed by atoms with E-state index in [1.807, 2.05) is 36.1 Å². The molecule has 28 heavy (non-hydrogen) atoms. The molecule has 0 bridgehead atoms. The molecular formula is C18H27IN6O2S. The molecular weight excluding hydrogens is 491 g/mol. The van der Waals surface area contributed by atoms with Gasteiger partial charge in [0.1, 0.15) is 12.7 Å². The van der Waals surface area contributed by atoms with Crippen LogP contribution in [0.15, 0.2) is 41.9 Å². The van der Waals surface area contributed by atoms with Crippen molar-refractivity contribution in [3.63, 3.8) is 0 Å². The first-order valence-electron chi connectivity index (χ1n) is 9.02. The molecule has 2 aromatic rings. The van der Waals surface area contributed by atoms with Crippen LogP contribution in [0.2, 0.25) is 0 Å². The van der Waals surface area contributed by atoms with Crippen LogP contribution in [0, 0.1) is 0 Å². The first-order valence-corrected chi connectivity index (χ1v) is 10.7. The van der Waals surface area contributed by atoms with Crippen LogP contribution in [0.4, 0.5) is 0 Å². The van der Waals surface area contributed by atoms with E-state index in [1.54, 1.807) is 24.9 Å². The third-order valence-corrected chi connectivity index (χ3v) is 7.24. The first kappa shape index (κ1) is 22.6. The monoisotopic (exact) mass is 518 g/mol. The van der Waals surface area contributed by atoms with Gasteiger partial charge in [-0.15, -0.1) is 24.0 Å². The fourth-order valence-electron chi connectivity index (χ4n) is 3.01. The molecule has 2 heterocycles. The van der Waals surface area contributed by atoms with Crippen LogP contribution in [0.3, 0.4) is 0 Å². The molecule has 0 radical (unpaired) electrons. The summed E-state index contributed by atoms with van der Waals surface area (Å²) in [6, 6.07) is 7.97. The van der Waals surface area contributed by atoms with Crippen molar-refractivity contribution in [1.29, 1.82) is 0 Å². The van der Waals surface area contributed by atoms with Gasteiger partial charge in [-0.25, -0.2) is 23.1 Å². The van der Waals surface area contributed by atoms with Crippen molar-refractivity contribution in [1.82, 2.24) is 25.0 Å². The topological polar surface area (TPSA) is 92.5 Å². The van der Waals surface area contributed by atoms with Gasteiger partial charge in [0.2, 0.25) is 0 Å².